The Morgan fingerprint density at radius 2 is 2.13 bits per heavy atom. The molecule has 3 aromatic rings. The fraction of sp³-hybridized carbons (Fsp3) is 0.333. The normalized spacial score (nSPS) is 17.9. The van der Waals surface area contributed by atoms with Crippen molar-refractivity contribution in [3.05, 3.63) is 63.6 Å². The number of hydrogen-bond donors (Lipinski definition) is 1. The topological polar surface area (TPSA) is 57.8 Å². The van der Waals surface area contributed by atoms with Crippen molar-refractivity contribution in [2.75, 3.05) is 11.4 Å². The van der Waals surface area contributed by atoms with E-state index in [1.54, 1.807) is 18.2 Å². The second-order valence-corrected chi connectivity index (χ2v) is 9.50. The van der Waals surface area contributed by atoms with Gasteiger partial charge in [0.15, 0.2) is 5.76 Å². The van der Waals surface area contributed by atoms with E-state index in [-0.39, 0.29) is 17.1 Å². The van der Waals surface area contributed by atoms with Crippen LogP contribution in [0.1, 0.15) is 61.7 Å². The lowest BCUT2D eigenvalue weighted by atomic mass is 9.79. The van der Waals surface area contributed by atoms with Crippen molar-refractivity contribution in [1.82, 2.24) is 5.43 Å². The van der Waals surface area contributed by atoms with Crippen LogP contribution < -0.4 is 10.3 Å². The summed E-state index contributed by atoms with van der Waals surface area (Å²) in [6, 6.07) is 10.5. The number of carbonyl (C=O) groups is 1. The van der Waals surface area contributed by atoms with Crippen LogP contribution in [-0.2, 0) is 0 Å². The minimum absolute atomic E-state index is 0.0284. The van der Waals surface area contributed by atoms with Crippen LogP contribution in [0.15, 0.2) is 50.4 Å². The molecule has 0 radical (unpaired) electrons. The van der Waals surface area contributed by atoms with E-state index in [0.29, 0.717) is 17.1 Å². The number of hydrazone groups is 1. The third-order valence-corrected chi connectivity index (χ3v) is 6.39. The molecule has 1 unspecified atom stereocenters. The number of nitrogens with one attached hydrogen (secondary N) is 1. The first-order valence-electron chi connectivity index (χ1n) is 10.3. The van der Waals surface area contributed by atoms with E-state index >= 15 is 0 Å². The number of anilines is 1. The molecule has 1 N–H and O–H groups in total. The minimum atomic E-state index is -0.491. The maximum absolute atomic E-state index is 14.8. The first kappa shape index (κ1) is 21.6. The second kappa shape index (κ2) is 8.11. The zero-order chi connectivity index (χ0) is 22.3. The van der Waals surface area contributed by atoms with E-state index in [0.717, 1.165) is 34.1 Å². The third kappa shape index (κ3) is 4.11. The number of furan rings is 1. The summed E-state index contributed by atoms with van der Waals surface area (Å²) in [5.41, 5.74) is 5.37. The molecule has 1 aliphatic heterocycles. The predicted molar refractivity (Wildman–Crippen MR) is 126 cm³/mol. The Morgan fingerprint density at radius 1 is 1.35 bits per heavy atom. The summed E-state index contributed by atoms with van der Waals surface area (Å²) >= 11 is 3.39. The van der Waals surface area contributed by atoms with Gasteiger partial charge in [0.1, 0.15) is 11.4 Å². The van der Waals surface area contributed by atoms with E-state index < -0.39 is 5.91 Å². The number of nitrogens with zero attached hydrogens (tertiary/aromatic N) is 2. The van der Waals surface area contributed by atoms with E-state index in [1.165, 1.54) is 6.21 Å². The fourth-order valence-electron chi connectivity index (χ4n) is 4.56. The van der Waals surface area contributed by atoms with Gasteiger partial charge in [-0.1, -0.05) is 22.9 Å². The Morgan fingerprint density at radius 3 is 2.87 bits per heavy atom. The van der Waals surface area contributed by atoms with Crippen molar-refractivity contribution >= 4 is 44.7 Å². The summed E-state index contributed by atoms with van der Waals surface area (Å²) in [6.07, 6.45) is 2.32. The number of carbonyl (C=O) groups excluding carboxylic acids is 1. The Hall–Kier alpha value is -2.67. The molecule has 2 aromatic carbocycles. The summed E-state index contributed by atoms with van der Waals surface area (Å²) in [6.45, 7) is 9.43. The smallest absolute Gasteiger partial charge is 0.307 e. The Balaban J connectivity index is 1.55. The molecule has 0 spiro atoms. The average Bonchev–Trinajstić information content (AvgIpc) is 3.11. The van der Waals surface area contributed by atoms with Gasteiger partial charge in [0.25, 0.3) is 0 Å². The van der Waals surface area contributed by atoms with Gasteiger partial charge in [-0.15, -0.1) is 0 Å². The van der Waals surface area contributed by atoms with Gasteiger partial charge in [0.05, 0.1) is 6.21 Å². The zero-order valence-electron chi connectivity index (χ0n) is 18.0. The standard InChI is InChI=1S/C24H25BrFN3O2/c1-5-29-20-11-19(26)16(9-18(20)14(2)12-24(29,3)4)13-27-28-23(30)22-10-15-8-17(25)6-7-21(15)31-22/h6-11,13-14H,5,12H2,1-4H3,(H,28,30)/b27-13+. The number of hydrogen-bond acceptors (Lipinski definition) is 4. The average molecular weight is 486 g/mol. The lowest BCUT2D eigenvalue weighted by Gasteiger charge is -2.47. The lowest BCUT2D eigenvalue weighted by Crippen LogP contribution is -2.48. The van der Waals surface area contributed by atoms with E-state index in [4.69, 9.17) is 4.42 Å². The molecule has 1 aliphatic rings. The monoisotopic (exact) mass is 485 g/mol. The molecule has 0 aliphatic carbocycles. The van der Waals surface area contributed by atoms with Crippen molar-refractivity contribution in [3.8, 4) is 0 Å². The van der Waals surface area contributed by atoms with Crippen molar-refractivity contribution in [1.29, 1.82) is 0 Å². The van der Waals surface area contributed by atoms with Gasteiger partial charge in [0.2, 0.25) is 0 Å². The molecular formula is C24H25BrFN3O2. The largest absolute Gasteiger partial charge is 0.451 e. The minimum Gasteiger partial charge on any atom is -0.451 e. The SMILES string of the molecule is CCN1c2cc(F)c(/C=N/NC(=O)c3cc4cc(Br)ccc4o3)cc2C(C)CC1(C)C. The molecule has 1 atom stereocenters. The van der Waals surface area contributed by atoms with Crippen LogP contribution in [0.4, 0.5) is 10.1 Å². The molecule has 162 valence electrons. The molecule has 0 saturated carbocycles. The van der Waals surface area contributed by atoms with Crippen molar-refractivity contribution in [2.24, 2.45) is 5.10 Å². The molecule has 1 aromatic heterocycles. The molecule has 31 heavy (non-hydrogen) atoms. The van der Waals surface area contributed by atoms with E-state index in [2.05, 4.69) is 59.1 Å². The second-order valence-electron chi connectivity index (χ2n) is 8.59. The quantitative estimate of drug-likeness (QED) is 0.352. The number of amides is 1. The maximum Gasteiger partial charge on any atom is 0.307 e. The van der Waals surface area contributed by atoms with E-state index in [1.807, 2.05) is 18.2 Å². The zero-order valence-corrected chi connectivity index (χ0v) is 19.6. The molecule has 2 heterocycles. The van der Waals surface area contributed by atoms with Gasteiger partial charge < -0.3 is 9.32 Å². The summed E-state index contributed by atoms with van der Waals surface area (Å²) in [5, 5.41) is 4.77. The summed E-state index contributed by atoms with van der Waals surface area (Å²) < 4.78 is 21.3. The third-order valence-electron chi connectivity index (χ3n) is 5.89. The molecule has 0 fully saturated rings. The number of rotatable bonds is 4. The lowest BCUT2D eigenvalue weighted by molar-refractivity contribution is 0.0929. The number of benzene rings is 2. The van der Waals surface area contributed by atoms with Crippen molar-refractivity contribution in [3.63, 3.8) is 0 Å². The first-order valence-corrected chi connectivity index (χ1v) is 11.1. The molecular weight excluding hydrogens is 461 g/mol. The van der Waals surface area contributed by atoms with Crippen LogP contribution in [0, 0.1) is 5.82 Å². The summed E-state index contributed by atoms with van der Waals surface area (Å²) in [4.78, 5) is 14.6. The van der Waals surface area contributed by atoms with Crippen LogP contribution in [0.3, 0.4) is 0 Å². The summed E-state index contributed by atoms with van der Waals surface area (Å²) in [7, 11) is 0. The van der Waals surface area contributed by atoms with Crippen molar-refractivity contribution in [2.45, 2.75) is 45.6 Å². The molecule has 5 nitrogen and oxygen atoms in total. The number of fused-ring (bicyclic) bond motifs is 2. The molecule has 4 rings (SSSR count). The molecule has 1 amide bonds. The van der Waals surface area contributed by atoms with Gasteiger partial charge >= 0.3 is 5.91 Å². The van der Waals surface area contributed by atoms with Gasteiger partial charge in [-0.3, -0.25) is 4.79 Å². The van der Waals surface area contributed by atoms with Crippen LogP contribution in [0.25, 0.3) is 11.0 Å². The highest BCUT2D eigenvalue weighted by Crippen LogP contribution is 2.43. The first-order chi connectivity index (χ1) is 14.7. The van der Waals surface area contributed by atoms with Gasteiger partial charge in [-0.25, -0.2) is 9.82 Å². The molecule has 7 heteroatoms. The van der Waals surface area contributed by atoms with Crippen molar-refractivity contribution < 1.29 is 13.6 Å². The van der Waals surface area contributed by atoms with Gasteiger partial charge in [0, 0.05) is 33.2 Å². The van der Waals surface area contributed by atoms with Crippen LogP contribution in [-0.4, -0.2) is 24.2 Å². The van der Waals surface area contributed by atoms with E-state index in [9.17, 15) is 9.18 Å². The molecule has 0 bridgehead atoms. The Labute approximate surface area is 189 Å². The highest BCUT2D eigenvalue weighted by Gasteiger charge is 2.36. The molecule has 0 saturated heterocycles. The highest BCUT2D eigenvalue weighted by molar-refractivity contribution is 9.10. The Bertz CT molecular complexity index is 1190. The number of halogens is 2. The van der Waals surface area contributed by atoms with Crippen LogP contribution in [0.2, 0.25) is 0 Å². The van der Waals surface area contributed by atoms with Crippen LogP contribution >= 0.6 is 15.9 Å². The fourth-order valence-corrected chi connectivity index (χ4v) is 4.94. The summed E-state index contributed by atoms with van der Waals surface area (Å²) in [5.74, 6) is -0.418. The maximum atomic E-state index is 14.8. The predicted octanol–water partition coefficient (Wildman–Crippen LogP) is 6.21. The highest BCUT2D eigenvalue weighted by atomic mass is 79.9. The van der Waals surface area contributed by atoms with Crippen LogP contribution in [0.5, 0.6) is 0 Å². The van der Waals surface area contributed by atoms with Gasteiger partial charge in [-0.2, -0.15) is 5.10 Å². The Kier molecular flexibility index (Phi) is 5.64. The van der Waals surface area contributed by atoms with Gasteiger partial charge in [-0.05, 0) is 75.1 Å².